The number of nitrogens with zero attached hydrogens (tertiary/aromatic N) is 3. The predicted octanol–water partition coefficient (Wildman–Crippen LogP) is 4.21. The minimum Gasteiger partial charge on any atom is -0.270 e. The third-order valence-corrected chi connectivity index (χ3v) is 3.60. The van der Waals surface area contributed by atoms with Crippen LogP contribution in [0.15, 0.2) is 24.3 Å². The molecule has 0 aliphatic heterocycles. The van der Waals surface area contributed by atoms with Gasteiger partial charge in [-0.1, -0.05) is 52.0 Å². The molecule has 0 bridgehead atoms. The minimum atomic E-state index is 0.283. The first-order valence-electron chi connectivity index (χ1n) is 7.03. The van der Waals surface area contributed by atoms with E-state index < -0.39 is 0 Å². The van der Waals surface area contributed by atoms with Gasteiger partial charge in [0.1, 0.15) is 17.3 Å². The van der Waals surface area contributed by atoms with Gasteiger partial charge in [0.2, 0.25) is 0 Å². The van der Waals surface area contributed by atoms with Crippen LogP contribution in [0, 0.1) is 11.3 Å². The Hall–Kier alpha value is -2.08. The summed E-state index contributed by atoms with van der Waals surface area (Å²) in [5.74, 6) is 0.792. The highest BCUT2D eigenvalue weighted by Crippen LogP contribution is 2.29. The second-order valence-electron chi connectivity index (χ2n) is 5.78. The molecule has 0 unspecified atom stereocenters. The fourth-order valence-corrected chi connectivity index (χ4v) is 2.54. The maximum absolute atomic E-state index is 9.46. The number of benzene rings is 1. The van der Waals surface area contributed by atoms with Gasteiger partial charge in [0.25, 0.3) is 0 Å². The standard InChI is InChI=1S/C17H21N3/c1-11(2)13-6-8-14(9-7-13)16-15(10-18)17(12(3)4)20(5)19-16/h6-9,11-12H,1-5H3. The van der Waals surface area contributed by atoms with Gasteiger partial charge in [0, 0.05) is 12.6 Å². The normalized spacial score (nSPS) is 11.1. The summed E-state index contributed by atoms with van der Waals surface area (Å²) in [5.41, 5.74) is 4.78. The molecule has 0 atom stereocenters. The van der Waals surface area contributed by atoms with Crippen molar-refractivity contribution in [2.45, 2.75) is 39.5 Å². The Labute approximate surface area is 120 Å². The zero-order valence-electron chi connectivity index (χ0n) is 12.8. The summed E-state index contributed by atoms with van der Waals surface area (Å²) in [4.78, 5) is 0. The number of aromatic nitrogens is 2. The summed E-state index contributed by atoms with van der Waals surface area (Å²) in [6.07, 6.45) is 0. The van der Waals surface area contributed by atoms with E-state index in [1.54, 1.807) is 0 Å². The van der Waals surface area contributed by atoms with Crippen LogP contribution in [0.25, 0.3) is 11.3 Å². The van der Waals surface area contributed by atoms with Crippen LogP contribution in [-0.2, 0) is 7.05 Å². The van der Waals surface area contributed by atoms with Crippen LogP contribution in [0.3, 0.4) is 0 Å². The maximum atomic E-state index is 9.46. The average molecular weight is 267 g/mol. The van der Waals surface area contributed by atoms with Crippen LogP contribution in [0.2, 0.25) is 0 Å². The quantitative estimate of drug-likeness (QED) is 0.836. The number of rotatable bonds is 3. The Morgan fingerprint density at radius 3 is 2.10 bits per heavy atom. The molecule has 0 aliphatic rings. The molecule has 0 amide bonds. The van der Waals surface area contributed by atoms with Gasteiger partial charge < -0.3 is 0 Å². The van der Waals surface area contributed by atoms with Gasteiger partial charge in [0.15, 0.2) is 0 Å². The van der Waals surface area contributed by atoms with Crippen LogP contribution in [0.1, 0.15) is 56.4 Å². The average Bonchev–Trinajstić information content (AvgIpc) is 2.75. The SMILES string of the molecule is CC(C)c1ccc(-c2nn(C)c(C(C)C)c2C#N)cc1. The molecule has 20 heavy (non-hydrogen) atoms. The third kappa shape index (κ3) is 2.46. The second-order valence-corrected chi connectivity index (χ2v) is 5.78. The van der Waals surface area contributed by atoms with E-state index >= 15 is 0 Å². The summed E-state index contributed by atoms with van der Waals surface area (Å²) in [5, 5.41) is 14.0. The fraction of sp³-hybridized carbons (Fsp3) is 0.412. The van der Waals surface area contributed by atoms with E-state index in [2.05, 4.69) is 63.1 Å². The highest BCUT2D eigenvalue weighted by atomic mass is 15.3. The molecule has 104 valence electrons. The lowest BCUT2D eigenvalue weighted by atomic mass is 9.98. The lowest BCUT2D eigenvalue weighted by Gasteiger charge is -2.06. The largest absolute Gasteiger partial charge is 0.270 e. The van der Waals surface area contributed by atoms with Gasteiger partial charge in [-0.15, -0.1) is 0 Å². The van der Waals surface area contributed by atoms with Gasteiger partial charge >= 0.3 is 0 Å². The zero-order valence-corrected chi connectivity index (χ0v) is 12.8. The molecule has 0 N–H and O–H groups in total. The molecule has 0 aliphatic carbocycles. The highest BCUT2D eigenvalue weighted by molar-refractivity contribution is 5.68. The van der Waals surface area contributed by atoms with E-state index in [1.807, 2.05) is 11.7 Å². The van der Waals surface area contributed by atoms with Crippen LogP contribution in [-0.4, -0.2) is 9.78 Å². The molecule has 0 saturated heterocycles. The Balaban J connectivity index is 2.53. The topological polar surface area (TPSA) is 41.6 Å². The van der Waals surface area contributed by atoms with E-state index in [9.17, 15) is 5.26 Å². The molecule has 1 aromatic heterocycles. The van der Waals surface area contributed by atoms with Gasteiger partial charge in [-0.25, -0.2) is 0 Å². The third-order valence-electron chi connectivity index (χ3n) is 3.60. The first-order valence-corrected chi connectivity index (χ1v) is 7.03. The Kier molecular flexibility index (Phi) is 3.94. The van der Waals surface area contributed by atoms with Gasteiger partial charge in [0.05, 0.1) is 5.69 Å². The van der Waals surface area contributed by atoms with Crippen molar-refractivity contribution in [1.82, 2.24) is 9.78 Å². The first-order chi connectivity index (χ1) is 9.45. The number of aryl methyl sites for hydroxylation is 1. The molecular weight excluding hydrogens is 246 g/mol. The monoisotopic (exact) mass is 267 g/mol. The summed E-state index contributed by atoms with van der Waals surface area (Å²) < 4.78 is 1.83. The molecule has 1 aromatic carbocycles. The molecule has 0 saturated carbocycles. The summed E-state index contributed by atoms with van der Waals surface area (Å²) in [7, 11) is 1.90. The van der Waals surface area contributed by atoms with Crippen molar-refractivity contribution in [2.24, 2.45) is 7.05 Å². The minimum absolute atomic E-state index is 0.283. The van der Waals surface area contributed by atoms with Crippen molar-refractivity contribution < 1.29 is 0 Å². The molecule has 1 heterocycles. The van der Waals surface area contributed by atoms with E-state index in [-0.39, 0.29) is 5.92 Å². The first kappa shape index (κ1) is 14.3. The highest BCUT2D eigenvalue weighted by Gasteiger charge is 2.19. The molecule has 2 rings (SSSR count). The van der Waals surface area contributed by atoms with E-state index in [0.29, 0.717) is 11.5 Å². The lowest BCUT2D eigenvalue weighted by Crippen LogP contribution is -2.01. The molecule has 2 aromatic rings. The van der Waals surface area contributed by atoms with Crippen LogP contribution >= 0.6 is 0 Å². The van der Waals surface area contributed by atoms with Crippen molar-refractivity contribution in [1.29, 1.82) is 5.26 Å². The number of hydrogen-bond donors (Lipinski definition) is 0. The van der Waals surface area contributed by atoms with Crippen molar-refractivity contribution in [2.75, 3.05) is 0 Å². The maximum Gasteiger partial charge on any atom is 0.110 e. The number of nitriles is 1. The van der Waals surface area contributed by atoms with Crippen LogP contribution < -0.4 is 0 Å². The smallest absolute Gasteiger partial charge is 0.110 e. The summed E-state index contributed by atoms with van der Waals surface area (Å²) in [6.45, 7) is 8.52. The van der Waals surface area contributed by atoms with Crippen molar-refractivity contribution in [3.8, 4) is 17.3 Å². The summed E-state index contributed by atoms with van der Waals surface area (Å²) >= 11 is 0. The second kappa shape index (κ2) is 5.50. The predicted molar refractivity (Wildman–Crippen MR) is 81.5 cm³/mol. The van der Waals surface area contributed by atoms with Gasteiger partial charge in [-0.3, -0.25) is 4.68 Å². The van der Waals surface area contributed by atoms with Gasteiger partial charge in [-0.05, 0) is 17.4 Å². The van der Waals surface area contributed by atoms with E-state index in [0.717, 1.165) is 17.0 Å². The zero-order chi connectivity index (χ0) is 14.9. The van der Waals surface area contributed by atoms with Crippen molar-refractivity contribution in [3.63, 3.8) is 0 Å². The molecule has 3 nitrogen and oxygen atoms in total. The van der Waals surface area contributed by atoms with Crippen LogP contribution in [0.4, 0.5) is 0 Å². The molecule has 0 spiro atoms. The fourth-order valence-electron chi connectivity index (χ4n) is 2.54. The molecular formula is C17H21N3. The molecule has 3 heteroatoms. The number of hydrogen-bond acceptors (Lipinski definition) is 2. The molecule has 0 fully saturated rings. The summed E-state index contributed by atoms with van der Waals surface area (Å²) in [6, 6.07) is 10.7. The van der Waals surface area contributed by atoms with Crippen LogP contribution in [0.5, 0.6) is 0 Å². The van der Waals surface area contributed by atoms with Gasteiger partial charge in [-0.2, -0.15) is 10.4 Å². The Morgan fingerprint density at radius 1 is 1.05 bits per heavy atom. The molecule has 0 radical (unpaired) electrons. The van der Waals surface area contributed by atoms with E-state index in [4.69, 9.17) is 0 Å². The Bertz CT molecular complexity index is 640. The van der Waals surface area contributed by atoms with E-state index in [1.165, 1.54) is 5.56 Å². The van der Waals surface area contributed by atoms with Crippen molar-refractivity contribution >= 4 is 0 Å². The lowest BCUT2D eigenvalue weighted by molar-refractivity contribution is 0.669. The van der Waals surface area contributed by atoms with Crippen molar-refractivity contribution in [3.05, 3.63) is 41.1 Å². The Morgan fingerprint density at radius 2 is 1.65 bits per heavy atom.